The molecule has 1 aromatic heterocycles. The van der Waals surface area contributed by atoms with E-state index in [0.717, 1.165) is 31.3 Å². The number of hydrogen-bond acceptors (Lipinski definition) is 4. The molecule has 0 radical (unpaired) electrons. The van der Waals surface area contributed by atoms with Gasteiger partial charge in [-0.3, -0.25) is 0 Å². The molecule has 18 heavy (non-hydrogen) atoms. The largest absolute Gasteiger partial charge is 0.348 e. The molecule has 104 valence electrons. The summed E-state index contributed by atoms with van der Waals surface area (Å²) < 4.78 is 0. The van der Waals surface area contributed by atoms with E-state index in [1.54, 1.807) is 0 Å². The average molecular weight is 269 g/mol. The van der Waals surface area contributed by atoms with Crippen molar-refractivity contribution in [1.29, 1.82) is 0 Å². The highest BCUT2D eigenvalue weighted by Crippen LogP contribution is 2.23. The van der Waals surface area contributed by atoms with Crippen molar-refractivity contribution >= 4 is 16.5 Å². The minimum absolute atomic E-state index is 0.677. The summed E-state index contributed by atoms with van der Waals surface area (Å²) in [5.41, 5.74) is 0. The third-order valence-corrected chi connectivity index (χ3v) is 3.69. The highest BCUT2D eigenvalue weighted by Gasteiger charge is 2.10. The van der Waals surface area contributed by atoms with Gasteiger partial charge in [0.2, 0.25) is 0 Å². The first-order valence-corrected chi connectivity index (χ1v) is 7.74. The summed E-state index contributed by atoms with van der Waals surface area (Å²) in [6, 6.07) is 0. The number of anilines is 1. The van der Waals surface area contributed by atoms with Crippen molar-refractivity contribution in [2.75, 3.05) is 24.5 Å². The number of rotatable bonds is 8. The van der Waals surface area contributed by atoms with Crippen LogP contribution in [0.4, 0.5) is 5.13 Å². The van der Waals surface area contributed by atoms with Crippen LogP contribution in [-0.4, -0.2) is 24.6 Å². The van der Waals surface area contributed by atoms with Crippen LogP contribution in [0.5, 0.6) is 0 Å². The summed E-state index contributed by atoms with van der Waals surface area (Å²) in [5.74, 6) is 1.38. The SMILES string of the molecule is CCN(CC(C)C)c1ncc(CNCC(C)C)s1. The van der Waals surface area contributed by atoms with E-state index < -0.39 is 0 Å². The number of hydrogen-bond donors (Lipinski definition) is 1. The lowest BCUT2D eigenvalue weighted by Gasteiger charge is -2.21. The average Bonchev–Trinajstić information content (AvgIpc) is 2.73. The van der Waals surface area contributed by atoms with Gasteiger partial charge in [-0.25, -0.2) is 4.98 Å². The predicted molar refractivity (Wildman–Crippen MR) is 81.4 cm³/mol. The molecule has 0 unspecified atom stereocenters. The van der Waals surface area contributed by atoms with Crippen molar-refractivity contribution in [3.63, 3.8) is 0 Å². The third-order valence-electron chi connectivity index (χ3n) is 2.63. The van der Waals surface area contributed by atoms with Crippen LogP contribution in [0.25, 0.3) is 0 Å². The van der Waals surface area contributed by atoms with Gasteiger partial charge in [-0.1, -0.05) is 27.7 Å². The Balaban J connectivity index is 2.50. The van der Waals surface area contributed by atoms with E-state index in [1.165, 1.54) is 4.88 Å². The maximum Gasteiger partial charge on any atom is 0.185 e. The normalized spacial score (nSPS) is 11.5. The van der Waals surface area contributed by atoms with Gasteiger partial charge in [-0.15, -0.1) is 11.3 Å². The van der Waals surface area contributed by atoms with Crippen LogP contribution in [0, 0.1) is 11.8 Å². The van der Waals surface area contributed by atoms with E-state index in [-0.39, 0.29) is 0 Å². The van der Waals surface area contributed by atoms with Gasteiger partial charge in [0.25, 0.3) is 0 Å². The first kappa shape index (κ1) is 15.4. The second-order valence-electron chi connectivity index (χ2n) is 5.57. The summed E-state index contributed by atoms with van der Waals surface area (Å²) in [4.78, 5) is 8.23. The molecule has 4 heteroatoms. The fourth-order valence-corrected chi connectivity index (χ4v) is 2.74. The fourth-order valence-electron chi connectivity index (χ4n) is 1.79. The Morgan fingerprint density at radius 1 is 1.28 bits per heavy atom. The second-order valence-corrected chi connectivity index (χ2v) is 6.66. The molecule has 0 spiro atoms. The van der Waals surface area contributed by atoms with Gasteiger partial charge in [0, 0.05) is 30.7 Å². The standard InChI is InChI=1S/C14H27N3S/c1-6-17(10-12(4)5)14-16-9-13(18-14)8-15-7-11(2)3/h9,11-12,15H,6-8,10H2,1-5H3. The van der Waals surface area contributed by atoms with Crippen molar-refractivity contribution < 1.29 is 0 Å². The van der Waals surface area contributed by atoms with Crippen LogP contribution in [0.2, 0.25) is 0 Å². The van der Waals surface area contributed by atoms with E-state index in [9.17, 15) is 0 Å². The minimum Gasteiger partial charge on any atom is -0.348 e. The summed E-state index contributed by atoms with van der Waals surface area (Å²) in [6.07, 6.45) is 2.01. The van der Waals surface area contributed by atoms with Crippen LogP contribution in [-0.2, 0) is 6.54 Å². The van der Waals surface area contributed by atoms with Gasteiger partial charge >= 0.3 is 0 Å². The molecule has 0 atom stereocenters. The molecule has 1 rings (SSSR count). The molecule has 3 nitrogen and oxygen atoms in total. The van der Waals surface area contributed by atoms with Crippen molar-refractivity contribution in [3.05, 3.63) is 11.1 Å². The quantitative estimate of drug-likeness (QED) is 0.784. The van der Waals surface area contributed by atoms with Gasteiger partial charge in [0.15, 0.2) is 5.13 Å². The fraction of sp³-hybridized carbons (Fsp3) is 0.786. The molecule has 0 amide bonds. The number of nitrogens with one attached hydrogen (secondary N) is 1. The Hall–Kier alpha value is -0.610. The molecule has 0 aromatic carbocycles. The van der Waals surface area contributed by atoms with Gasteiger partial charge in [-0.2, -0.15) is 0 Å². The predicted octanol–water partition coefficient (Wildman–Crippen LogP) is 3.37. The van der Waals surface area contributed by atoms with E-state index in [2.05, 4.69) is 49.8 Å². The second kappa shape index (κ2) is 7.74. The molecule has 0 fully saturated rings. The molecular formula is C14H27N3S. The summed E-state index contributed by atoms with van der Waals surface area (Å²) in [6.45, 7) is 15.3. The Morgan fingerprint density at radius 3 is 2.56 bits per heavy atom. The molecule has 0 aliphatic carbocycles. The number of aromatic nitrogens is 1. The molecule has 1 N–H and O–H groups in total. The van der Waals surface area contributed by atoms with E-state index in [4.69, 9.17) is 0 Å². The van der Waals surface area contributed by atoms with Crippen molar-refractivity contribution in [2.24, 2.45) is 11.8 Å². The highest BCUT2D eigenvalue weighted by molar-refractivity contribution is 7.15. The Kier molecular flexibility index (Phi) is 6.65. The Morgan fingerprint density at radius 2 is 2.00 bits per heavy atom. The van der Waals surface area contributed by atoms with Crippen LogP contribution in [0.1, 0.15) is 39.5 Å². The van der Waals surface area contributed by atoms with Gasteiger partial charge < -0.3 is 10.2 Å². The lowest BCUT2D eigenvalue weighted by molar-refractivity contribution is 0.554. The van der Waals surface area contributed by atoms with Gasteiger partial charge in [0.05, 0.1) is 0 Å². The zero-order valence-corrected chi connectivity index (χ0v) is 13.2. The minimum atomic E-state index is 0.677. The Labute approximate surface area is 116 Å². The van der Waals surface area contributed by atoms with E-state index >= 15 is 0 Å². The van der Waals surface area contributed by atoms with Crippen LogP contribution in [0.3, 0.4) is 0 Å². The molecule has 0 aliphatic rings. The molecular weight excluding hydrogens is 242 g/mol. The van der Waals surface area contributed by atoms with Crippen molar-refractivity contribution in [3.8, 4) is 0 Å². The molecule has 1 heterocycles. The van der Waals surface area contributed by atoms with Gasteiger partial charge in [-0.05, 0) is 25.3 Å². The highest BCUT2D eigenvalue weighted by atomic mass is 32.1. The van der Waals surface area contributed by atoms with E-state index in [1.807, 2.05) is 17.5 Å². The molecule has 0 aliphatic heterocycles. The summed E-state index contributed by atoms with van der Waals surface area (Å²) >= 11 is 1.81. The molecule has 1 aromatic rings. The molecule has 0 bridgehead atoms. The van der Waals surface area contributed by atoms with Crippen LogP contribution < -0.4 is 10.2 Å². The summed E-state index contributed by atoms with van der Waals surface area (Å²) in [7, 11) is 0. The first-order valence-electron chi connectivity index (χ1n) is 6.93. The van der Waals surface area contributed by atoms with E-state index in [0.29, 0.717) is 11.8 Å². The number of thiazole rings is 1. The van der Waals surface area contributed by atoms with Crippen molar-refractivity contribution in [1.82, 2.24) is 10.3 Å². The first-order chi connectivity index (χ1) is 8.52. The zero-order chi connectivity index (χ0) is 13.5. The lowest BCUT2D eigenvalue weighted by Crippen LogP contribution is -2.26. The zero-order valence-electron chi connectivity index (χ0n) is 12.4. The third kappa shape index (κ3) is 5.36. The molecule has 0 saturated heterocycles. The smallest absolute Gasteiger partial charge is 0.185 e. The van der Waals surface area contributed by atoms with Crippen LogP contribution in [0.15, 0.2) is 6.20 Å². The Bertz CT molecular complexity index is 334. The number of nitrogens with zero attached hydrogens (tertiary/aromatic N) is 2. The lowest BCUT2D eigenvalue weighted by atomic mass is 10.2. The van der Waals surface area contributed by atoms with Crippen molar-refractivity contribution in [2.45, 2.75) is 41.2 Å². The van der Waals surface area contributed by atoms with Gasteiger partial charge in [0.1, 0.15) is 0 Å². The maximum atomic E-state index is 4.54. The summed E-state index contributed by atoms with van der Waals surface area (Å²) in [5, 5.41) is 4.62. The monoisotopic (exact) mass is 269 g/mol. The topological polar surface area (TPSA) is 28.2 Å². The van der Waals surface area contributed by atoms with Crippen LogP contribution >= 0.6 is 11.3 Å². The maximum absolute atomic E-state index is 4.54. The molecule has 0 saturated carbocycles.